The molecule has 1 saturated heterocycles. The van der Waals surface area contributed by atoms with Crippen LogP contribution in [0.15, 0.2) is 18.2 Å². The fraction of sp³-hybridized carbons (Fsp3) is 0.500. The lowest BCUT2D eigenvalue weighted by Crippen LogP contribution is -2.39. The molecule has 0 saturated carbocycles. The number of nitrogens with two attached hydrogens (primary N) is 1. The predicted octanol–water partition coefficient (Wildman–Crippen LogP) is 3.41. The SMILES string of the molecule is Cc1ccc(N2CCC(C(F)(F)F)CC2)c(C(N)=S)c1. The highest BCUT2D eigenvalue weighted by molar-refractivity contribution is 7.80. The average molecular weight is 302 g/mol. The molecular formula is C14H17F3N2S. The molecule has 6 heteroatoms. The molecule has 0 unspecified atom stereocenters. The van der Waals surface area contributed by atoms with Crippen molar-refractivity contribution in [3.8, 4) is 0 Å². The summed E-state index contributed by atoms with van der Waals surface area (Å²) in [5, 5.41) is 0. The van der Waals surface area contributed by atoms with Crippen molar-refractivity contribution in [2.24, 2.45) is 11.7 Å². The molecule has 2 rings (SSSR count). The van der Waals surface area contributed by atoms with Gasteiger partial charge in [-0.05, 0) is 31.9 Å². The van der Waals surface area contributed by atoms with Crippen LogP contribution >= 0.6 is 12.2 Å². The maximum absolute atomic E-state index is 12.7. The molecule has 1 aromatic rings. The summed E-state index contributed by atoms with van der Waals surface area (Å²) in [6.45, 7) is 2.69. The minimum absolute atomic E-state index is 0.119. The number of anilines is 1. The largest absolute Gasteiger partial charge is 0.391 e. The lowest BCUT2D eigenvalue weighted by molar-refractivity contribution is -0.179. The normalized spacial score (nSPS) is 17.3. The zero-order valence-corrected chi connectivity index (χ0v) is 12.0. The van der Waals surface area contributed by atoms with Gasteiger partial charge in [0.1, 0.15) is 4.99 Å². The van der Waals surface area contributed by atoms with E-state index < -0.39 is 12.1 Å². The predicted molar refractivity (Wildman–Crippen MR) is 78.1 cm³/mol. The van der Waals surface area contributed by atoms with E-state index in [4.69, 9.17) is 18.0 Å². The summed E-state index contributed by atoms with van der Waals surface area (Å²) in [6.07, 6.45) is -3.85. The number of nitrogens with zero attached hydrogens (tertiary/aromatic N) is 1. The molecule has 0 atom stereocenters. The van der Waals surface area contributed by atoms with Gasteiger partial charge in [0.2, 0.25) is 0 Å². The average Bonchev–Trinajstić information content (AvgIpc) is 2.37. The van der Waals surface area contributed by atoms with E-state index in [9.17, 15) is 13.2 Å². The van der Waals surface area contributed by atoms with Gasteiger partial charge in [0.05, 0.1) is 5.92 Å². The number of halogens is 3. The minimum atomic E-state index is -4.09. The van der Waals surface area contributed by atoms with Crippen LogP contribution in [0.25, 0.3) is 0 Å². The second-order valence-corrected chi connectivity index (χ2v) is 5.63. The first-order chi connectivity index (χ1) is 9.29. The third kappa shape index (κ3) is 3.23. The highest BCUT2D eigenvalue weighted by atomic mass is 32.1. The van der Waals surface area contributed by atoms with Gasteiger partial charge >= 0.3 is 6.18 Å². The lowest BCUT2D eigenvalue weighted by atomic mass is 9.95. The quantitative estimate of drug-likeness (QED) is 0.849. The van der Waals surface area contributed by atoms with E-state index in [0.717, 1.165) is 16.8 Å². The van der Waals surface area contributed by atoms with E-state index in [0.29, 0.717) is 13.1 Å². The summed E-state index contributed by atoms with van der Waals surface area (Å²) in [7, 11) is 0. The molecule has 0 aliphatic carbocycles. The van der Waals surface area contributed by atoms with Gasteiger partial charge in [-0.15, -0.1) is 0 Å². The van der Waals surface area contributed by atoms with Crippen molar-refractivity contribution >= 4 is 22.9 Å². The van der Waals surface area contributed by atoms with Crippen LogP contribution in [0.4, 0.5) is 18.9 Å². The summed E-state index contributed by atoms with van der Waals surface area (Å²) < 4.78 is 38.0. The van der Waals surface area contributed by atoms with Crippen molar-refractivity contribution in [3.63, 3.8) is 0 Å². The molecule has 1 aliphatic heterocycles. The van der Waals surface area contributed by atoms with Crippen LogP contribution in [-0.2, 0) is 0 Å². The Morgan fingerprint density at radius 3 is 2.40 bits per heavy atom. The molecule has 0 bridgehead atoms. The molecule has 2 N–H and O–H groups in total. The molecule has 0 radical (unpaired) electrons. The summed E-state index contributed by atoms with van der Waals surface area (Å²) >= 11 is 5.03. The molecular weight excluding hydrogens is 285 g/mol. The van der Waals surface area contributed by atoms with E-state index in [1.54, 1.807) is 0 Å². The van der Waals surface area contributed by atoms with Crippen LogP contribution in [-0.4, -0.2) is 24.3 Å². The minimum Gasteiger partial charge on any atom is -0.389 e. The van der Waals surface area contributed by atoms with Crippen LogP contribution in [0.1, 0.15) is 24.0 Å². The van der Waals surface area contributed by atoms with Crippen molar-refractivity contribution in [2.45, 2.75) is 25.9 Å². The monoisotopic (exact) mass is 302 g/mol. The second kappa shape index (κ2) is 5.60. The zero-order chi connectivity index (χ0) is 14.9. The fourth-order valence-electron chi connectivity index (χ4n) is 2.57. The van der Waals surface area contributed by atoms with Gasteiger partial charge < -0.3 is 10.6 Å². The molecule has 1 heterocycles. The third-order valence-corrected chi connectivity index (χ3v) is 3.94. The van der Waals surface area contributed by atoms with Crippen molar-refractivity contribution < 1.29 is 13.2 Å². The Morgan fingerprint density at radius 2 is 1.90 bits per heavy atom. The van der Waals surface area contributed by atoms with Gasteiger partial charge in [0.15, 0.2) is 0 Å². The number of aryl methyl sites for hydroxylation is 1. The number of alkyl halides is 3. The summed E-state index contributed by atoms with van der Waals surface area (Å²) in [5.74, 6) is -1.20. The lowest BCUT2D eigenvalue weighted by Gasteiger charge is -2.35. The highest BCUT2D eigenvalue weighted by Gasteiger charge is 2.41. The first kappa shape index (κ1) is 15.1. The summed E-state index contributed by atoms with van der Waals surface area (Å²) in [4.78, 5) is 2.22. The fourth-order valence-corrected chi connectivity index (χ4v) is 2.73. The summed E-state index contributed by atoms with van der Waals surface area (Å²) in [5.41, 5.74) is 8.32. The van der Waals surface area contributed by atoms with Crippen molar-refractivity contribution in [1.82, 2.24) is 0 Å². The maximum atomic E-state index is 12.7. The van der Waals surface area contributed by atoms with Gasteiger partial charge in [-0.3, -0.25) is 0 Å². The number of hydrogen-bond donors (Lipinski definition) is 1. The number of benzene rings is 1. The summed E-state index contributed by atoms with van der Waals surface area (Å²) in [6, 6.07) is 5.69. The Bertz CT molecular complexity index is 506. The van der Waals surface area contributed by atoms with Gasteiger partial charge in [-0.2, -0.15) is 13.2 Å². The Labute approximate surface area is 121 Å². The van der Waals surface area contributed by atoms with E-state index in [2.05, 4.69) is 0 Å². The van der Waals surface area contributed by atoms with Crippen LogP contribution in [0.2, 0.25) is 0 Å². The van der Waals surface area contributed by atoms with Gasteiger partial charge in [-0.25, -0.2) is 0 Å². The molecule has 1 fully saturated rings. The standard InChI is InChI=1S/C14H17F3N2S/c1-9-2-3-12(11(8-9)13(18)20)19-6-4-10(5-7-19)14(15,16)17/h2-3,8,10H,4-7H2,1H3,(H2,18,20). The number of piperidine rings is 1. The third-order valence-electron chi connectivity index (χ3n) is 3.72. The van der Waals surface area contributed by atoms with Gasteiger partial charge in [0, 0.05) is 24.3 Å². The molecule has 110 valence electrons. The molecule has 0 amide bonds. The number of hydrogen-bond acceptors (Lipinski definition) is 2. The molecule has 0 spiro atoms. The van der Waals surface area contributed by atoms with Crippen LogP contribution in [0, 0.1) is 12.8 Å². The van der Waals surface area contributed by atoms with Crippen molar-refractivity contribution in [1.29, 1.82) is 0 Å². The first-order valence-corrected chi connectivity index (χ1v) is 6.92. The molecule has 0 aromatic heterocycles. The van der Waals surface area contributed by atoms with E-state index >= 15 is 0 Å². The smallest absolute Gasteiger partial charge is 0.389 e. The second-order valence-electron chi connectivity index (χ2n) is 5.19. The van der Waals surface area contributed by atoms with E-state index in [1.807, 2.05) is 30.0 Å². The zero-order valence-electron chi connectivity index (χ0n) is 11.2. The topological polar surface area (TPSA) is 29.3 Å². The molecule has 20 heavy (non-hydrogen) atoms. The maximum Gasteiger partial charge on any atom is 0.391 e. The van der Waals surface area contributed by atoms with Crippen LogP contribution in [0.3, 0.4) is 0 Å². The van der Waals surface area contributed by atoms with E-state index in [-0.39, 0.29) is 17.8 Å². The number of rotatable bonds is 2. The molecule has 1 aliphatic rings. The number of thiocarbonyl (C=S) groups is 1. The van der Waals surface area contributed by atoms with E-state index in [1.165, 1.54) is 0 Å². The van der Waals surface area contributed by atoms with Crippen LogP contribution < -0.4 is 10.6 Å². The molecule has 2 nitrogen and oxygen atoms in total. The Morgan fingerprint density at radius 1 is 1.30 bits per heavy atom. The van der Waals surface area contributed by atoms with Crippen molar-refractivity contribution in [2.75, 3.05) is 18.0 Å². The first-order valence-electron chi connectivity index (χ1n) is 6.51. The molecule has 1 aromatic carbocycles. The van der Waals surface area contributed by atoms with Crippen LogP contribution in [0.5, 0.6) is 0 Å². The van der Waals surface area contributed by atoms with Crippen molar-refractivity contribution in [3.05, 3.63) is 29.3 Å². The Hall–Kier alpha value is -1.30. The van der Waals surface area contributed by atoms with Gasteiger partial charge in [0.25, 0.3) is 0 Å². The van der Waals surface area contributed by atoms with Gasteiger partial charge in [-0.1, -0.05) is 23.8 Å². The Balaban J connectivity index is 2.17. The Kier molecular flexibility index (Phi) is 4.22. The highest BCUT2D eigenvalue weighted by Crippen LogP contribution is 2.36.